The predicted octanol–water partition coefficient (Wildman–Crippen LogP) is 1.24. The molecule has 0 unspecified atom stereocenters. The number of hydrogen-bond acceptors (Lipinski definition) is 4. The van der Waals surface area contributed by atoms with Crippen molar-refractivity contribution in [2.24, 2.45) is 5.14 Å². The first kappa shape index (κ1) is 13.8. The van der Waals surface area contributed by atoms with Crippen molar-refractivity contribution >= 4 is 21.4 Å². The van der Waals surface area contributed by atoms with Gasteiger partial charge in [-0.05, 0) is 30.9 Å². The van der Waals surface area contributed by atoms with Gasteiger partial charge in [-0.25, -0.2) is 13.6 Å². The monoisotopic (exact) mass is 257 g/mol. The third-order valence-electron chi connectivity index (χ3n) is 2.93. The Morgan fingerprint density at radius 1 is 1.00 bits per heavy atom. The second-order valence-corrected chi connectivity index (χ2v) is 6.02. The van der Waals surface area contributed by atoms with Gasteiger partial charge in [0.05, 0.1) is 4.90 Å². The van der Waals surface area contributed by atoms with Crippen molar-refractivity contribution in [2.75, 3.05) is 11.5 Å². The summed E-state index contributed by atoms with van der Waals surface area (Å²) in [4.78, 5) is 0.0388. The molecule has 0 saturated heterocycles. The number of anilines is 2. The van der Waals surface area contributed by atoms with E-state index < -0.39 is 10.0 Å². The first-order chi connectivity index (χ1) is 7.59. The van der Waals surface area contributed by atoms with Crippen LogP contribution in [-0.2, 0) is 10.0 Å². The summed E-state index contributed by atoms with van der Waals surface area (Å²) in [5, 5.41) is 5.18. The van der Waals surface area contributed by atoms with Crippen molar-refractivity contribution in [3.05, 3.63) is 16.7 Å². The van der Waals surface area contributed by atoms with Crippen LogP contribution in [0.15, 0.2) is 4.90 Å². The van der Waals surface area contributed by atoms with Crippen LogP contribution in [0.25, 0.3) is 0 Å². The summed E-state index contributed by atoms with van der Waals surface area (Å²) in [6.45, 7) is 7.20. The third kappa shape index (κ3) is 2.23. The molecule has 0 radical (unpaired) electrons. The first-order valence-corrected chi connectivity index (χ1v) is 6.84. The van der Waals surface area contributed by atoms with E-state index in [1.807, 2.05) is 13.8 Å². The first-order valence-electron chi connectivity index (χ1n) is 5.29. The van der Waals surface area contributed by atoms with Crippen LogP contribution in [0, 0.1) is 13.8 Å². The maximum absolute atomic E-state index is 11.5. The van der Waals surface area contributed by atoms with Gasteiger partial charge in [0.1, 0.15) is 0 Å². The Hall–Kier alpha value is -1.27. The zero-order valence-corrected chi connectivity index (χ0v) is 11.4. The Kier molecular flexibility index (Phi) is 3.40. The van der Waals surface area contributed by atoms with Gasteiger partial charge in [0.15, 0.2) is 0 Å². The molecule has 1 aromatic rings. The molecule has 0 amide bonds. The average Bonchev–Trinajstić information content (AvgIpc) is 2.12. The zero-order valence-electron chi connectivity index (χ0n) is 10.5. The lowest BCUT2D eigenvalue weighted by Crippen LogP contribution is -2.19. The van der Waals surface area contributed by atoms with Gasteiger partial charge in [0, 0.05) is 16.9 Å². The molecule has 1 aromatic carbocycles. The molecule has 1 rings (SSSR count). The Bertz CT molecular complexity index is 534. The normalized spacial score (nSPS) is 12.1. The molecule has 96 valence electrons. The molecule has 6 N–H and O–H groups in total. The van der Waals surface area contributed by atoms with Crippen LogP contribution in [-0.4, -0.2) is 8.42 Å². The number of hydrogen-bond donors (Lipinski definition) is 3. The molecule has 17 heavy (non-hydrogen) atoms. The standard InChI is InChI=1S/C11H19N3O2S/c1-5(2)8-9(12)6(3)11(17(14,15)16)7(4)10(8)13/h5H,12-13H2,1-4H3,(H2,14,15,16). The van der Waals surface area contributed by atoms with Crippen LogP contribution in [0.3, 0.4) is 0 Å². The van der Waals surface area contributed by atoms with Crippen LogP contribution in [0.4, 0.5) is 11.4 Å². The van der Waals surface area contributed by atoms with Gasteiger partial charge in [-0.1, -0.05) is 13.8 Å². The molecule has 0 heterocycles. The molecular formula is C11H19N3O2S. The van der Waals surface area contributed by atoms with Crippen molar-refractivity contribution in [3.8, 4) is 0 Å². The summed E-state index contributed by atoms with van der Waals surface area (Å²) < 4.78 is 23.1. The molecule has 0 aliphatic carbocycles. The number of nitrogens with two attached hydrogens (primary N) is 3. The maximum Gasteiger partial charge on any atom is 0.238 e. The molecule has 6 heteroatoms. The SMILES string of the molecule is Cc1c(N)c(C(C)C)c(N)c(C)c1S(N)(=O)=O. The largest absolute Gasteiger partial charge is 0.398 e. The summed E-state index contributed by atoms with van der Waals surface area (Å²) in [5.74, 6) is 0.127. The topological polar surface area (TPSA) is 112 Å². The summed E-state index contributed by atoms with van der Waals surface area (Å²) in [7, 11) is -3.81. The minimum atomic E-state index is -3.81. The summed E-state index contributed by atoms with van der Waals surface area (Å²) in [6.07, 6.45) is 0. The highest BCUT2D eigenvalue weighted by Crippen LogP contribution is 2.37. The van der Waals surface area contributed by atoms with Gasteiger partial charge >= 0.3 is 0 Å². The average molecular weight is 257 g/mol. The minimum Gasteiger partial charge on any atom is -0.398 e. The lowest BCUT2D eigenvalue weighted by Gasteiger charge is -2.20. The van der Waals surface area contributed by atoms with E-state index in [9.17, 15) is 8.42 Å². The van der Waals surface area contributed by atoms with Crippen molar-refractivity contribution in [1.29, 1.82) is 0 Å². The van der Waals surface area contributed by atoms with Crippen molar-refractivity contribution in [1.82, 2.24) is 0 Å². The van der Waals surface area contributed by atoms with E-state index in [0.717, 1.165) is 5.56 Å². The number of rotatable bonds is 2. The smallest absolute Gasteiger partial charge is 0.238 e. The summed E-state index contributed by atoms with van der Waals surface area (Å²) in [5.41, 5.74) is 14.5. The third-order valence-corrected chi connectivity index (χ3v) is 4.11. The maximum atomic E-state index is 11.5. The van der Waals surface area contributed by atoms with Gasteiger partial charge < -0.3 is 11.5 Å². The van der Waals surface area contributed by atoms with E-state index in [1.165, 1.54) is 0 Å². The molecular weight excluding hydrogens is 238 g/mol. The highest BCUT2D eigenvalue weighted by atomic mass is 32.2. The van der Waals surface area contributed by atoms with E-state index in [-0.39, 0.29) is 10.8 Å². The molecule has 0 bridgehead atoms. The van der Waals surface area contributed by atoms with Gasteiger partial charge in [-0.2, -0.15) is 0 Å². The Labute approximate surface area is 102 Å². The Morgan fingerprint density at radius 3 is 1.59 bits per heavy atom. The molecule has 0 aromatic heterocycles. The van der Waals surface area contributed by atoms with Crippen LogP contribution in [0.1, 0.15) is 36.5 Å². The molecule has 0 spiro atoms. The number of nitrogen functional groups attached to an aromatic ring is 2. The molecule has 0 aliphatic rings. The van der Waals surface area contributed by atoms with Gasteiger partial charge in [0.2, 0.25) is 10.0 Å². The van der Waals surface area contributed by atoms with E-state index in [2.05, 4.69) is 0 Å². The van der Waals surface area contributed by atoms with Gasteiger partial charge in [0.25, 0.3) is 0 Å². The highest BCUT2D eigenvalue weighted by Gasteiger charge is 2.23. The molecule has 0 saturated carbocycles. The quantitative estimate of drug-likeness (QED) is 0.692. The number of primary sulfonamides is 1. The van der Waals surface area contributed by atoms with E-state index in [1.54, 1.807) is 13.8 Å². The second kappa shape index (κ2) is 4.19. The Balaban J connectivity index is 3.84. The van der Waals surface area contributed by atoms with E-state index in [4.69, 9.17) is 16.6 Å². The zero-order chi connectivity index (χ0) is 13.5. The molecule has 0 atom stereocenters. The predicted molar refractivity (Wildman–Crippen MR) is 70.2 cm³/mol. The van der Waals surface area contributed by atoms with Crippen molar-refractivity contribution < 1.29 is 8.42 Å². The van der Waals surface area contributed by atoms with Crippen molar-refractivity contribution in [3.63, 3.8) is 0 Å². The fourth-order valence-electron chi connectivity index (χ4n) is 2.12. The minimum absolute atomic E-state index is 0.0388. The molecule has 0 aliphatic heterocycles. The van der Waals surface area contributed by atoms with Crippen molar-refractivity contribution in [2.45, 2.75) is 38.5 Å². The van der Waals surface area contributed by atoms with Gasteiger partial charge in [-0.3, -0.25) is 0 Å². The molecule has 5 nitrogen and oxygen atoms in total. The van der Waals surface area contributed by atoms with Crippen LogP contribution in [0.5, 0.6) is 0 Å². The fraction of sp³-hybridized carbons (Fsp3) is 0.455. The summed E-state index contributed by atoms with van der Waals surface area (Å²) in [6, 6.07) is 0. The highest BCUT2D eigenvalue weighted by molar-refractivity contribution is 7.89. The second-order valence-electron chi connectivity index (χ2n) is 4.52. The Morgan fingerprint density at radius 2 is 1.35 bits per heavy atom. The fourth-order valence-corrected chi connectivity index (χ4v) is 3.20. The lowest BCUT2D eigenvalue weighted by molar-refractivity contribution is 0.596. The van der Waals surface area contributed by atoms with Crippen LogP contribution < -0.4 is 16.6 Å². The summed E-state index contributed by atoms with van der Waals surface area (Å²) >= 11 is 0. The van der Waals surface area contributed by atoms with E-state index in [0.29, 0.717) is 22.5 Å². The van der Waals surface area contributed by atoms with Crippen LogP contribution >= 0.6 is 0 Å². The van der Waals surface area contributed by atoms with E-state index >= 15 is 0 Å². The number of sulfonamides is 1. The molecule has 0 fully saturated rings. The van der Waals surface area contributed by atoms with Crippen LogP contribution in [0.2, 0.25) is 0 Å². The lowest BCUT2D eigenvalue weighted by atomic mass is 9.93. The number of benzene rings is 1. The van der Waals surface area contributed by atoms with Gasteiger partial charge in [-0.15, -0.1) is 0 Å².